The van der Waals surface area contributed by atoms with Gasteiger partial charge in [0.25, 0.3) is 0 Å². The number of likely N-dealkylation sites (N-methyl/N-ethyl adjacent to an activating group) is 1. The lowest BCUT2D eigenvalue weighted by molar-refractivity contribution is -0.132. The van der Waals surface area contributed by atoms with E-state index in [-0.39, 0.29) is 17.8 Å². The van der Waals surface area contributed by atoms with Gasteiger partial charge in [0.2, 0.25) is 5.91 Å². The quantitative estimate of drug-likeness (QED) is 0.279. The number of aromatic nitrogens is 7. The van der Waals surface area contributed by atoms with Crippen LogP contribution < -0.4 is 15.1 Å². The molecule has 1 amide bonds. The largest absolute Gasteiger partial charge is 0.378 e. The third-order valence-electron chi connectivity index (χ3n) is 10.5. The van der Waals surface area contributed by atoms with Crippen molar-refractivity contribution in [1.82, 2.24) is 39.2 Å². The van der Waals surface area contributed by atoms with Crippen LogP contribution in [0.4, 0.5) is 26.1 Å². The predicted molar refractivity (Wildman–Crippen MR) is 193 cm³/mol. The van der Waals surface area contributed by atoms with Crippen LogP contribution in [0.25, 0.3) is 39.0 Å². The highest BCUT2D eigenvalue weighted by molar-refractivity contribution is 5.94. The molecule has 9 rings (SSSR count). The number of carbonyl (C=O) groups is 1. The van der Waals surface area contributed by atoms with E-state index in [1.54, 1.807) is 36.0 Å². The molecule has 2 saturated heterocycles. The third kappa shape index (κ3) is 5.38. The second kappa shape index (κ2) is 12.5. The van der Waals surface area contributed by atoms with Crippen molar-refractivity contribution in [2.75, 3.05) is 55.5 Å². The molecule has 7 heterocycles. The second-order valence-electron chi connectivity index (χ2n) is 13.8. The maximum Gasteiger partial charge on any atom is 0.245 e. The Hall–Kier alpha value is -5.70. The molecule has 3 aliphatic heterocycles. The van der Waals surface area contributed by atoms with Crippen LogP contribution in [0.3, 0.4) is 0 Å². The lowest BCUT2D eigenvalue weighted by atomic mass is 10.1. The van der Waals surface area contributed by atoms with E-state index < -0.39 is 18.0 Å². The summed E-state index contributed by atoms with van der Waals surface area (Å²) in [5.41, 5.74) is 4.54. The Morgan fingerprint density at radius 3 is 2.63 bits per heavy atom. The molecular formula is C37H37F2N11O2. The molecule has 13 nitrogen and oxygen atoms in total. The van der Waals surface area contributed by atoms with Gasteiger partial charge in [0.15, 0.2) is 5.65 Å². The molecule has 2 fully saturated rings. The molecule has 4 aromatic heterocycles. The fourth-order valence-corrected chi connectivity index (χ4v) is 7.84. The number of nitrogens with zero attached hydrogens (tertiary/aromatic N) is 10. The molecule has 15 heteroatoms. The summed E-state index contributed by atoms with van der Waals surface area (Å²) >= 11 is 0. The highest BCUT2D eigenvalue weighted by Crippen LogP contribution is 2.36. The third-order valence-corrected chi connectivity index (χ3v) is 10.5. The highest BCUT2D eigenvalue weighted by Gasteiger charge is 2.41. The van der Waals surface area contributed by atoms with E-state index in [0.717, 1.165) is 36.4 Å². The summed E-state index contributed by atoms with van der Waals surface area (Å²) in [5, 5.41) is 8.95. The summed E-state index contributed by atoms with van der Waals surface area (Å²) in [5.74, 6) is 1.08. The zero-order valence-corrected chi connectivity index (χ0v) is 29.0. The average molecular weight is 706 g/mol. The zero-order valence-electron chi connectivity index (χ0n) is 29.0. The van der Waals surface area contributed by atoms with Crippen molar-refractivity contribution < 1.29 is 18.3 Å². The van der Waals surface area contributed by atoms with Crippen LogP contribution in [0.2, 0.25) is 0 Å². The molecule has 1 N–H and O–H groups in total. The molecule has 0 saturated carbocycles. The highest BCUT2D eigenvalue weighted by atomic mass is 19.1. The van der Waals surface area contributed by atoms with Gasteiger partial charge in [0.05, 0.1) is 52.3 Å². The minimum Gasteiger partial charge on any atom is -0.378 e. The lowest BCUT2D eigenvalue weighted by Gasteiger charge is -2.34. The van der Waals surface area contributed by atoms with Crippen molar-refractivity contribution in [3.63, 3.8) is 0 Å². The summed E-state index contributed by atoms with van der Waals surface area (Å²) in [4.78, 5) is 39.3. The molecule has 4 bridgehead atoms. The van der Waals surface area contributed by atoms with Crippen LogP contribution >= 0.6 is 0 Å². The molecule has 3 aliphatic rings. The summed E-state index contributed by atoms with van der Waals surface area (Å²) in [6.07, 6.45) is 4.31. The first-order valence-corrected chi connectivity index (χ1v) is 17.4. The van der Waals surface area contributed by atoms with Gasteiger partial charge in [-0.05, 0) is 56.2 Å². The topological polar surface area (TPSA) is 122 Å². The van der Waals surface area contributed by atoms with Gasteiger partial charge in [-0.1, -0.05) is 6.07 Å². The number of anilines is 3. The van der Waals surface area contributed by atoms with Gasteiger partial charge < -0.3 is 29.3 Å². The first kappa shape index (κ1) is 32.2. The number of hydrogen-bond donors (Lipinski definition) is 1. The number of amides is 1. The van der Waals surface area contributed by atoms with E-state index in [1.165, 1.54) is 30.6 Å². The minimum atomic E-state index is -0.579. The molecule has 3 atom stereocenters. The molecule has 266 valence electrons. The SMILES string of the molecule is CO[C@H]1CN(C)C(=O)[C@@H]2C[C@@H](CN2c2ncnc3c2cnn3-c2ccc(F)cc2N2CCC2)Nc2cccc(n2)-c2cc(F)cc3nc(C)n(c23)C1. The lowest BCUT2D eigenvalue weighted by Crippen LogP contribution is -2.47. The van der Waals surface area contributed by atoms with Crippen LogP contribution in [0.15, 0.2) is 61.1 Å². The number of benzene rings is 2. The van der Waals surface area contributed by atoms with Gasteiger partial charge in [0, 0.05) is 58.0 Å². The number of nitrogens with one attached hydrogen (secondary N) is 1. The number of aryl methyl sites for hydroxylation is 1. The number of halogens is 2. The molecule has 0 unspecified atom stereocenters. The van der Waals surface area contributed by atoms with Crippen LogP contribution in [-0.4, -0.2) is 104 Å². The number of fused-ring (bicyclic) bond motifs is 6. The Morgan fingerprint density at radius 1 is 0.962 bits per heavy atom. The molecular weight excluding hydrogens is 668 g/mol. The molecule has 0 spiro atoms. The fourth-order valence-electron chi connectivity index (χ4n) is 7.84. The maximum atomic E-state index is 15.0. The van der Waals surface area contributed by atoms with Crippen molar-refractivity contribution in [2.45, 2.75) is 44.5 Å². The van der Waals surface area contributed by atoms with Crippen LogP contribution in [0.5, 0.6) is 0 Å². The summed E-state index contributed by atoms with van der Waals surface area (Å²) in [6.45, 7) is 4.69. The Morgan fingerprint density at radius 2 is 1.83 bits per heavy atom. The van der Waals surface area contributed by atoms with Gasteiger partial charge in [-0.3, -0.25) is 4.79 Å². The number of carbonyl (C=O) groups excluding carboxylic acids is 1. The Bertz CT molecular complexity index is 2360. The monoisotopic (exact) mass is 705 g/mol. The molecule has 52 heavy (non-hydrogen) atoms. The Balaban J connectivity index is 1.13. The summed E-state index contributed by atoms with van der Waals surface area (Å²) < 4.78 is 39.1. The maximum absolute atomic E-state index is 15.0. The molecule has 0 radical (unpaired) electrons. The van der Waals surface area contributed by atoms with Crippen molar-refractivity contribution >= 4 is 45.3 Å². The Labute approximate surface area is 297 Å². The number of ether oxygens (including phenoxy) is 1. The predicted octanol–water partition coefficient (Wildman–Crippen LogP) is 4.57. The number of imidazole rings is 1. The zero-order chi connectivity index (χ0) is 35.7. The normalized spacial score (nSPS) is 20.6. The van der Waals surface area contributed by atoms with E-state index in [9.17, 15) is 9.18 Å². The standard InChI is InChI=1S/C37H37F2N11O2/c1-21-43-29-13-23(39)12-26-28-6-4-7-33(45-28)44-24-15-32(37(51)46(2)18-25(52-3)19-48(21)34(26)29)49(17-24)35-27-16-42-50(36(27)41-20-40-35)30-9-8-22(38)14-31(30)47-10-5-11-47/h4,6-9,12-14,16,20,24-25,32H,5,10-11,15,17-19H2,1-3H3,(H,44,45)/t24-,25-,32-/m0/s1. The van der Waals surface area contributed by atoms with Gasteiger partial charge in [-0.25, -0.2) is 33.4 Å². The van der Waals surface area contributed by atoms with E-state index in [2.05, 4.69) is 20.2 Å². The van der Waals surface area contributed by atoms with E-state index >= 15 is 4.39 Å². The molecule has 6 aromatic rings. The number of hydrogen-bond acceptors (Lipinski definition) is 10. The number of rotatable bonds is 4. The minimum absolute atomic E-state index is 0.0874. The van der Waals surface area contributed by atoms with Gasteiger partial charge in [0.1, 0.15) is 41.5 Å². The van der Waals surface area contributed by atoms with Crippen molar-refractivity contribution in [3.8, 4) is 16.9 Å². The van der Waals surface area contributed by atoms with E-state index in [1.807, 2.05) is 34.6 Å². The van der Waals surface area contributed by atoms with Crippen LogP contribution in [0.1, 0.15) is 18.7 Å². The molecule has 2 aromatic carbocycles. The first-order valence-electron chi connectivity index (χ1n) is 17.4. The van der Waals surface area contributed by atoms with Crippen LogP contribution in [0, 0.1) is 18.6 Å². The summed E-state index contributed by atoms with van der Waals surface area (Å²) in [6, 6.07) is 12.5. The van der Waals surface area contributed by atoms with Crippen molar-refractivity contribution in [3.05, 3.63) is 78.5 Å². The number of pyridine rings is 1. The second-order valence-corrected chi connectivity index (χ2v) is 13.8. The van der Waals surface area contributed by atoms with Crippen LogP contribution in [-0.2, 0) is 16.1 Å². The van der Waals surface area contributed by atoms with Gasteiger partial charge in [-0.15, -0.1) is 0 Å². The van der Waals surface area contributed by atoms with Gasteiger partial charge >= 0.3 is 0 Å². The smallest absolute Gasteiger partial charge is 0.245 e. The number of methoxy groups -OCH3 is 1. The fraction of sp³-hybridized carbons (Fsp3) is 0.351. The first-order chi connectivity index (χ1) is 25.2. The average Bonchev–Trinajstić information content (AvgIpc) is 3.81. The van der Waals surface area contributed by atoms with Crippen molar-refractivity contribution in [1.29, 1.82) is 0 Å². The Kier molecular flexibility index (Phi) is 7.75. The summed E-state index contributed by atoms with van der Waals surface area (Å²) in [7, 11) is 3.41. The van der Waals surface area contributed by atoms with Crippen molar-refractivity contribution in [2.24, 2.45) is 0 Å². The van der Waals surface area contributed by atoms with Gasteiger partial charge in [-0.2, -0.15) is 5.10 Å². The van der Waals surface area contributed by atoms with E-state index in [4.69, 9.17) is 19.8 Å². The molecule has 0 aliphatic carbocycles. The van der Waals surface area contributed by atoms with E-state index in [0.29, 0.717) is 71.3 Å².